The van der Waals surface area contributed by atoms with E-state index in [4.69, 9.17) is 4.74 Å². The Hall–Kier alpha value is -2.97. The van der Waals surface area contributed by atoms with Gasteiger partial charge in [-0.1, -0.05) is 36.4 Å². The van der Waals surface area contributed by atoms with Gasteiger partial charge in [-0.3, -0.25) is 5.43 Å². The molecule has 2 rings (SSSR count). The minimum absolute atomic E-state index is 0.176. The molecule has 1 amide bonds. The molecule has 0 saturated heterocycles. The molecule has 0 aliphatic rings. The molecule has 2 N–H and O–H groups in total. The van der Waals surface area contributed by atoms with Crippen molar-refractivity contribution in [3.05, 3.63) is 59.9 Å². The second-order valence-corrected chi connectivity index (χ2v) is 8.44. The number of hydrazine groups is 1. The SMILES string of the molecule is COC(=O)C(C)(O)CN(Cc1ccc(-c2cccc(F)c2)cc1)NC(=O)OC(C)(C)C. The minimum Gasteiger partial charge on any atom is -0.467 e. The summed E-state index contributed by atoms with van der Waals surface area (Å²) in [7, 11) is 1.17. The third-order valence-electron chi connectivity index (χ3n) is 4.26. The predicted octanol–water partition coefficient (Wildman–Crippen LogP) is 3.66. The summed E-state index contributed by atoms with van der Waals surface area (Å²) in [5.41, 5.74) is 2.35. The molecule has 1 unspecified atom stereocenters. The van der Waals surface area contributed by atoms with Crippen LogP contribution in [0.4, 0.5) is 9.18 Å². The summed E-state index contributed by atoms with van der Waals surface area (Å²) in [4.78, 5) is 24.1. The fourth-order valence-electron chi connectivity index (χ4n) is 2.91. The maximum Gasteiger partial charge on any atom is 0.422 e. The van der Waals surface area contributed by atoms with Crippen LogP contribution in [0.3, 0.4) is 0 Å². The summed E-state index contributed by atoms with van der Waals surface area (Å²) in [6, 6.07) is 13.6. The molecule has 0 radical (unpaired) electrons. The Kier molecular flexibility index (Phi) is 7.75. The van der Waals surface area contributed by atoms with Crippen molar-refractivity contribution in [2.75, 3.05) is 13.7 Å². The molecule has 0 aromatic heterocycles. The number of rotatable bonds is 7. The fourth-order valence-corrected chi connectivity index (χ4v) is 2.91. The van der Waals surface area contributed by atoms with Crippen LogP contribution in [-0.4, -0.2) is 47.0 Å². The number of ether oxygens (including phenoxy) is 2. The molecule has 0 saturated carbocycles. The highest BCUT2D eigenvalue weighted by atomic mass is 19.1. The highest BCUT2D eigenvalue weighted by Gasteiger charge is 2.35. The molecule has 0 fully saturated rings. The summed E-state index contributed by atoms with van der Waals surface area (Å²) >= 11 is 0. The molecule has 2 aromatic rings. The summed E-state index contributed by atoms with van der Waals surface area (Å²) in [6.07, 6.45) is -0.718. The standard InChI is InChI=1S/C23H29FN2O5/c1-22(2,3)31-21(28)25-26(15-23(4,29)20(27)30-5)14-16-9-11-17(12-10-16)18-7-6-8-19(24)13-18/h6-13,29H,14-15H2,1-5H3,(H,25,28). The van der Waals surface area contributed by atoms with Gasteiger partial charge in [0, 0.05) is 6.54 Å². The van der Waals surface area contributed by atoms with Crippen molar-refractivity contribution in [2.24, 2.45) is 0 Å². The number of halogens is 1. The Morgan fingerprint density at radius 3 is 2.26 bits per heavy atom. The molecular formula is C23H29FN2O5. The number of benzene rings is 2. The lowest BCUT2D eigenvalue weighted by Crippen LogP contribution is -2.53. The maximum absolute atomic E-state index is 13.5. The molecule has 0 spiro atoms. The highest BCUT2D eigenvalue weighted by molar-refractivity contribution is 5.79. The molecule has 8 heteroatoms. The Balaban J connectivity index is 2.19. The van der Waals surface area contributed by atoms with Gasteiger partial charge in [0.2, 0.25) is 0 Å². The van der Waals surface area contributed by atoms with E-state index in [0.29, 0.717) is 0 Å². The average molecular weight is 432 g/mol. The van der Waals surface area contributed by atoms with Crippen LogP contribution in [0.25, 0.3) is 11.1 Å². The van der Waals surface area contributed by atoms with E-state index < -0.39 is 23.3 Å². The predicted molar refractivity (Wildman–Crippen MR) is 114 cm³/mol. The summed E-state index contributed by atoms with van der Waals surface area (Å²) in [5, 5.41) is 11.8. The van der Waals surface area contributed by atoms with E-state index in [9.17, 15) is 19.1 Å². The van der Waals surface area contributed by atoms with Gasteiger partial charge in [0.25, 0.3) is 0 Å². The van der Waals surface area contributed by atoms with Crippen LogP contribution in [0.15, 0.2) is 48.5 Å². The number of methoxy groups -OCH3 is 1. The van der Waals surface area contributed by atoms with E-state index >= 15 is 0 Å². The first-order valence-electron chi connectivity index (χ1n) is 9.80. The van der Waals surface area contributed by atoms with Crippen molar-refractivity contribution in [2.45, 2.75) is 45.4 Å². The normalized spacial score (nSPS) is 13.4. The minimum atomic E-state index is -1.86. The van der Waals surface area contributed by atoms with Gasteiger partial charge in [-0.25, -0.2) is 19.0 Å². The van der Waals surface area contributed by atoms with Crippen molar-refractivity contribution in [1.82, 2.24) is 10.4 Å². The monoisotopic (exact) mass is 432 g/mol. The van der Waals surface area contributed by atoms with E-state index in [0.717, 1.165) is 16.7 Å². The molecule has 31 heavy (non-hydrogen) atoms. The molecule has 0 aliphatic heterocycles. The second-order valence-electron chi connectivity index (χ2n) is 8.44. The average Bonchev–Trinajstić information content (AvgIpc) is 2.66. The molecule has 0 aliphatic carbocycles. The van der Waals surface area contributed by atoms with Crippen molar-refractivity contribution < 1.29 is 28.6 Å². The quantitative estimate of drug-likeness (QED) is 0.513. The van der Waals surface area contributed by atoms with Gasteiger partial charge >= 0.3 is 12.1 Å². The van der Waals surface area contributed by atoms with Gasteiger partial charge in [0.05, 0.1) is 13.7 Å². The number of nitrogens with one attached hydrogen (secondary N) is 1. The van der Waals surface area contributed by atoms with Gasteiger partial charge in [0.15, 0.2) is 5.60 Å². The van der Waals surface area contributed by atoms with Crippen LogP contribution >= 0.6 is 0 Å². The van der Waals surface area contributed by atoms with Gasteiger partial charge < -0.3 is 14.6 Å². The zero-order valence-corrected chi connectivity index (χ0v) is 18.4. The third kappa shape index (κ3) is 7.66. The fraction of sp³-hybridized carbons (Fsp3) is 0.391. The number of nitrogens with zero attached hydrogens (tertiary/aromatic N) is 1. The molecule has 0 heterocycles. The van der Waals surface area contributed by atoms with Gasteiger partial charge in [-0.15, -0.1) is 0 Å². The Morgan fingerprint density at radius 1 is 1.06 bits per heavy atom. The number of hydrogen-bond acceptors (Lipinski definition) is 6. The van der Waals surface area contributed by atoms with Gasteiger partial charge in [0.1, 0.15) is 11.4 Å². The lowest BCUT2D eigenvalue weighted by Gasteiger charge is -2.31. The Bertz CT molecular complexity index is 907. The van der Waals surface area contributed by atoms with E-state index in [-0.39, 0.29) is 18.9 Å². The zero-order valence-electron chi connectivity index (χ0n) is 18.4. The van der Waals surface area contributed by atoms with Crippen LogP contribution in [0, 0.1) is 5.82 Å². The van der Waals surface area contributed by atoms with E-state index in [1.54, 1.807) is 26.8 Å². The number of aliphatic hydroxyl groups is 1. The lowest BCUT2D eigenvalue weighted by atomic mass is 10.0. The highest BCUT2D eigenvalue weighted by Crippen LogP contribution is 2.21. The van der Waals surface area contributed by atoms with Crippen LogP contribution in [0.2, 0.25) is 0 Å². The molecule has 168 valence electrons. The van der Waals surface area contributed by atoms with Crippen molar-refractivity contribution in [3.63, 3.8) is 0 Å². The second kappa shape index (κ2) is 9.89. The Morgan fingerprint density at radius 2 is 1.71 bits per heavy atom. The number of carbonyl (C=O) groups is 2. The first-order valence-corrected chi connectivity index (χ1v) is 9.80. The van der Waals surface area contributed by atoms with Crippen molar-refractivity contribution >= 4 is 12.1 Å². The van der Waals surface area contributed by atoms with Crippen molar-refractivity contribution in [3.8, 4) is 11.1 Å². The number of amides is 1. The first kappa shape index (κ1) is 24.3. The maximum atomic E-state index is 13.5. The molecular weight excluding hydrogens is 403 g/mol. The molecule has 1 atom stereocenters. The van der Waals surface area contributed by atoms with Crippen LogP contribution in [0.1, 0.15) is 33.3 Å². The third-order valence-corrected chi connectivity index (χ3v) is 4.26. The van der Waals surface area contributed by atoms with Gasteiger partial charge in [-0.2, -0.15) is 0 Å². The lowest BCUT2D eigenvalue weighted by molar-refractivity contribution is -0.163. The van der Waals surface area contributed by atoms with Crippen molar-refractivity contribution in [1.29, 1.82) is 0 Å². The zero-order chi connectivity index (χ0) is 23.2. The van der Waals surface area contributed by atoms with Crippen LogP contribution in [-0.2, 0) is 20.8 Å². The molecule has 2 aromatic carbocycles. The topological polar surface area (TPSA) is 88.1 Å². The largest absolute Gasteiger partial charge is 0.467 e. The summed E-state index contributed by atoms with van der Waals surface area (Å²) in [5.74, 6) is -1.15. The first-order chi connectivity index (χ1) is 14.4. The molecule has 0 bridgehead atoms. The number of carbonyl (C=O) groups excluding carboxylic acids is 2. The Labute approximate surface area is 181 Å². The summed E-state index contributed by atoms with van der Waals surface area (Å²) < 4.78 is 23.4. The smallest absolute Gasteiger partial charge is 0.422 e. The molecule has 7 nitrogen and oxygen atoms in total. The van der Waals surface area contributed by atoms with Gasteiger partial charge in [-0.05, 0) is 56.5 Å². The van der Waals surface area contributed by atoms with Crippen LogP contribution < -0.4 is 5.43 Å². The van der Waals surface area contributed by atoms with E-state index in [2.05, 4.69) is 10.2 Å². The van der Waals surface area contributed by atoms with E-state index in [1.807, 2.05) is 30.3 Å². The van der Waals surface area contributed by atoms with Crippen LogP contribution in [0.5, 0.6) is 0 Å². The number of esters is 1. The van der Waals surface area contributed by atoms with E-state index in [1.165, 1.54) is 31.2 Å². The summed E-state index contributed by atoms with van der Waals surface area (Å²) in [6.45, 7) is 6.43. The number of hydrogen-bond donors (Lipinski definition) is 2.